The molecule has 0 saturated carbocycles. The van der Waals surface area contributed by atoms with Crippen LogP contribution in [-0.4, -0.2) is 17.0 Å². The van der Waals surface area contributed by atoms with E-state index in [0.29, 0.717) is 11.3 Å². The molecule has 4 nitrogen and oxygen atoms in total. The van der Waals surface area contributed by atoms with E-state index < -0.39 is 5.97 Å². The number of carbonyl (C=O) groups is 1. The van der Waals surface area contributed by atoms with E-state index in [0.717, 1.165) is 0 Å². The van der Waals surface area contributed by atoms with Crippen molar-refractivity contribution >= 4 is 11.9 Å². The van der Waals surface area contributed by atoms with E-state index >= 15 is 0 Å². The van der Waals surface area contributed by atoms with Crippen molar-refractivity contribution in [1.82, 2.24) is 0 Å². The molecule has 1 aromatic rings. The van der Waals surface area contributed by atoms with Crippen LogP contribution in [0.3, 0.4) is 0 Å². The molecule has 0 spiro atoms. The van der Waals surface area contributed by atoms with Crippen molar-refractivity contribution in [1.29, 1.82) is 0 Å². The first-order valence-corrected chi connectivity index (χ1v) is 3.99. The van der Waals surface area contributed by atoms with Crippen molar-refractivity contribution < 1.29 is 19.4 Å². The molecule has 0 radical (unpaired) electrons. The first kappa shape index (κ1) is 8.53. The maximum absolute atomic E-state index is 11.1. The lowest BCUT2D eigenvalue weighted by Crippen LogP contribution is -2.19. The third-order valence-electron chi connectivity index (χ3n) is 1.99. The summed E-state index contributed by atoms with van der Waals surface area (Å²) in [5.74, 6) is 1.17. The van der Waals surface area contributed by atoms with E-state index in [4.69, 9.17) is 9.84 Å². The Labute approximate surface area is 79.4 Å². The second kappa shape index (κ2) is 3.01. The lowest BCUT2D eigenvalue weighted by molar-refractivity contribution is -0.130. The van der Waals surface area contributed by atoms with Gasteiger partial charge in [0.15, 0.2) is 0 Å². The molecule has 0 aliphatic carbocycles. The minimum absolute atomic E-state index is 0.0232. The molecule has 1 aliphatic heterocycles. The van der Waals surface area contributed by atoms with Gasteiger partial charge in [-0.25, -0.2) is 9.59 Å². The molecular weight excluding hydrogens is 184 g/mol. The number of hydrogen-bond donors (Lipinski definition) is 1. The molecule has 4 heteroatoms. The fourth-order valence-corrected chi connectivity index (χ4v) is 1.29. The summed E-state index contributed by atoms with van der Waals surface area (Å²) in [7, 11) is 0. The zero-order chi connectivity index (χ0) is 10.1. The summed E-state index contributed by atoms with van der Waals surface area (Å²) in [4.78, 5) is 21.4. The highest BCUT2D eigenvalue weighted by Gasteiger charge is 2.23. The number of phenols is 1. The van der Waals surface area contributed by atoms with Crippen molar-refractivity contribution in [3.05, 3.63) is 29.3 Å². The third kappa shape index (κ3) is 1.28. The smallest absolute Gasteiger partial charge is 0.350 e. The first-order valence-electron chi connectivity index (χ1n) is 3.99. The second-order valence-corrected chi connectivity index (χ2v) is 2.94. The molecule has 1 N–H and O–H groups in total. The number of benzene rings is 1. The monoisotopic (exact) mass is 190 g/mol. The molecular formula is C10H6O4. The summed E-state index contributed by atoms with van der Waals surface area (Å²) in [6.45, 7) is 0. The van der Waals surface area contributed by atoms with Gasteiger partial charge in [-0.05, 0) is 6.07 Å². The van der Waals surface area contributed by atoms with E-state index in [1.165, 1.54) is 18.1 Å². The fraction of sp³-hybridized carbons (Fsp3) is 0.100. The Balaban J connectivity index is 2.50. The summed E-state index contributed by atoms with van der Waals surface area (Å²) in [6.07, 6.45) is 0.206. The molecule has 1 aliphatic rings. The van der Waals surface area contributed by atoms with Crippen LogP contribution >= 0.6 is 0 Å². The maximum Gasteiger partial charge on any atom is 0.350 e. The highest BCUT2D eigenvalue weighted by atomic mass is 16.5. The van der Waals surface area contributed by atoms with E-state index in [1.807, 2.05) is 0 Å². The summed E-state index contributed by atoms with van der Waals surface area (Å²) in [5.41, 5.74) is 0.670. The van der Waals surface area contributed by atoms with Crippen LogP contribution in [0.15, 0.2) is 23.8 Å². The minimum Gasteiger partial charge on any atom is -0.508 e. The van der Waals surface area contributed by atoms with Gasteiger partial charge < -0.3 is 9.84 Å². The quantitative estimate of drug-likeness (QED) is 0.282. The molecule has 1 heterocycles. The Bertz CT molecular complexity index is 455. The van der Waals surface area contributed by atoms with E-state index in [2.05, 4.69) is 0 Å². The number of fused-ring (bicyclic) bond motifs is 1. The number of aromatic hydroxyl groups is 1. The Kier molecular flexibility index (Phi) is 1.84. The highest BCUT2D eigenvalue weighted by molar-refractivity contribution is 6.00. The largest absolute Gasteiger partial charge is 0.508 e. The summed E-state index contributed by atoms with van der Waals surface area (Å²) in [5, 5.41) is 9.12. The topological polar surface area (TPSA) is 63.6 Å². The van der Waals surface area contributed by atoms with Crippen molar-refractivity contribution in [2.45, 2.75) is 6.42 Å². The number of ether oxygens (including phenoxy) is 1. The first-order chi connectivity index (χ1) is 6.70. The zero-order valence-electron chi connectivity index (χ0n) is 7.11. The van der Waals surface area contributed by atoms with E-state index in [1.54, 1.807) is 6.07 Å². The molecule has 1 aromatic carbocycles. The van der Waals surface area contributed by atoms with Crippen molar-refractivity contribution in [3.8, 4) is 11.5 Å². The molecule has 0 aromatic heterocycles. The highest BCUT2D eigenvalue weighted by Crippen LogP contribution is 2.29. The van der Waals surface area contributed by atoms with Crippen LogP contribution in [0.1, 0.15) is 5.56 Å². The zero-order valence-corrected chi connectivity index (χ0v) is 7.11. The lowest BCUT2D eigenvalue weighted by Gasteiger charge is -2.15. The van der Waals surface area contributed by atoms with Gasteiger partial charge in [0.25, 0.3) is 0 Å². The van der Waals surface area contributed by atoms with Crippen LogP contribution in [0.5, 0.6) is 11.5 Å². The third-order valence-corrected chi connectivity index (χ3v) is 1.99. The number of rotatable bonds is 0. The molecule has 0 unspecified atom stereocenters. The number of hydrogen-bond acceptors (Lipinski definition) is 4. The Morgan fingerprint density at radius 3 is 2.93 bits per heavy atom. The van der Waals surface area contributed by atoms with Crippen molar-refractivity contribution in [2.24, 2.45) is 0 Å². The molecule has 0 amide bonds. The molecule has 0 atom stereocenters. The van der Waals surface area contributed by atoms with Crippen LogP contribution < -0.4 is 4.74 Å². The molecule has 2 rings (SSSR count). The van der Waals surface area contributed by atoms with Crippen molar-refractivity contribution in [2.75, 3.05) is 0 Å². The normalized spacial score (nSPS) is 14.3. The van der Waals surface area contributed by atoms with Gasteiger partial charge in [0.05, 0.1) is 0 Å². The summed E-state index contributed by atoms with van der Waals surface area (Å²) >= 11 is 0. The standard InChI is InChI=1S/C10H6O4/c11-5-7-3-6-1-2-8(12)4-9(6)14-10(7)13/h1-2,4,12H,3H2. The lowest BCUT2D eigenvalue weighted by atomic mass is 10.0. The molecule has 0 saturated heterocycles. The van der Waals surface area contributed by atoms with Crippen LogP contribution in [-0.2, 0) is 16.0 Å². The molecule has 14 heavy (non-hydrogen) atoms. The molecule has 70 valence electrons. The molecule has 0 bridgehead atoms. The van der Waals surface area contributed by atoms with Crippen LogP contribution in [0, 0.1) is 0 Å². The van der Waals surface area contributed by atoms with Gasteiger partial charge in [-0.2, -0.15) is 0 Å². The molecule has 0 fully saturated rings. The van der Waals surface area contributed by atoms with Crippen LogP contribution in [0.4, 0.5) is 0 Å². The second-order valence-electron chi connectivity index (χ2n) is 2.94. The van der Waals surface area contributed by atoms with Gasteiger partial charge in [0.1, 0.15) is 23.0 Å². The van der Waals surface area contributed by atoms with Gasteiger partial charge in [0, 0.05) is 18.1 Å². The number of esters is 1. The van der Waals surface area contributed by atoms with Gasteiger partial charge >= 0.3 is 5.97 Å². The van der Waals surface area contributed by atoms with Gasteiger partial charge in [-0.15, -0.1) is 0 Å². The Hall–Kier alpha value is -2.06. The van der Waals surface area contributed by atoms with E-state index in [9.17, 15) is 9.59 Å². The van der Waals surface area contributed by atoms with Crippen LogP contribution in [0.2, 0.25) is 0 Å². The number of phenolic OH excluding ortho intramolecular Hbond substituents is 1. The van der Waals surface area contributed by atoms with Gasteiger partial charge in [-0.1, -0.05) is 6.07 Å². The van der Waals surface area contributed by atoms with Crippen molar-refractivity contribution in [3.63, 3.8) is 0 Å². The maximum atomic E-state index is 11.1. The summed E-state index contributed by atoms with van der Waals surface area (Å²) in [6, 6.07) is 4.42. The van der Waals surface area contributed by atoms with Gasteiger partial charge in [0.2, 0.25) is 0 Å². The minimum atomic E-state index is -0.696. The summed E-state index contributed by atoms with van der Waals surface area (Å²) < 4.78 is 4.82. The fourth-order valence-electron chi connectivity index (χ4n) is 1.29. The van der Waals surface area contributed by atoms with Gasteiger partial charge in [-0.3, -0.25) is 0 Å². The average molecular weight is 190 g/mol. The van der Waals surface area contributed by atoms with Crippen LogP contribution in [0.25, 0.3) is 0 Å². The Morgan fingerprint density at radius 2 is 2.21 bits per heavy atom. The Morgan fingerprint density at radius 1 is 1.43 bits per heavy atom. The predicted molar refractivity (Wildman–Crippen MR) is 46.7 cm³/mol. The predicted octanol–water partition coefficient (Wildman–Crippen LogP) is 0.612. The number of carbonyl (C=O) groups excluding carboxylic acids is 2. The average Bonchev–Trinajstić information content (AvgIpc) is 2.16. The SMILES string of the molecule is O=C=C1Cc2ccc(O)cc2OC1=O. The van der Waals surface area contributed by atoms with E-state index in [-0.39, 0.29) is 17.7 Å².